The summed E-state index contributed by atoms with van der Waals surface area (Å²) >= 11 is 0. The second-order valence-electron chi connectivity index (χ2n) is 8.12. The first-order valence-corrected chi connectivity index (χ1v) is 8.05. The molecule has 2 atom stereocenters. The Morgan fingerprint density at radius 2 is 1.04 bits per heavy atom. The summed E-state index contributed by atoms with van der Waals surface area (Å²) in [5.41, 5.74) is -1.05. The van der Waals surface area contributed by atoms with Crippen molar-refractivity contribution < 1.29 is 19.1 Å². The van der Waals surface area contributed by atoms with Crippen LogP contribution in [0.5, 0.6) is 0 Å². The van der Waals surface area contributed by atoms with Crippen molar-refractivity contribution in [3.63, 3.8) is 0 Å². The van der Waals surface area contributed by atoms with Gasteiger partial charge in [-0.25, -0.2) is 9.59 Å². The van der Waals surface area contributed by atoms with Crippen molar-refractivity contribution in [1.29, 1.82) is 0 Å². The van der Waals surface area contributed by atoms with Gasteiger partial charge in [-0.3, -0.25) is 0 Å². The molecule has 0 fully saturated rings. The van der Waals surface area contributed by atoms with Crippen molar-refractivity contribution >= 4 is 12.2 Å². The Kier molecular flexibility index (Phi) is 7.38. The van der Waals surface area contributed by atoms with Crippen molar-refractivity contribution in [2.75, 3.05) is 14.1 Å². The Bertz CT molecular complexity index is 372. The van der Waals surface area contributed by atoms with E-state index in [1.165, 1.54) is 0 Å². The lowest BCUT2D eigenvalue weighted by Crippen LogP contribution is -2.45. The predicted molar refractivity (Wildman–Crippen MR) is 91.5 cm³/mol. The highest BCUT2D eigenvalue weighted by Crippen LogP contribution is 2.16. The molecule has 0 aromatic rings. The molecule has 6 heteroatoms. The topological polar surface area (TPSA) is 59.1 Å². The predicted octanol–water partition coefficient (Wildman–Crippen LogP) is 3.89. The number of rotatable bonds is 4. The zero-order valence-corrected chi connectivity index (χ0v) is 16.4. The van der Waals surface area contributed by atoms with Crippen LogP contribution >= 0.6 is 0 Å². The molecule has 0 saturated carbocycles. The molecular formula is C17H34N2O4. The lowest BCUT2D eigenvalue weighted by atomic mass is 10.1. The number of hydrogen-bond acceptors (Lipinski definition) is 4. The van der Waals surface area contributed by atoms with Crippen LogP contribution in [0.25, 0.3) is 0 Å². The molecule has 6 nitrogen and oxygen atoms in total. The lowest BCUT2D eigenvalue weighted by Gasteiger charge is -2.33. The number of ether oxygens (including phenoxy) is 2. The minimum atomic E-state index is -0.524. The third-order valence-electron chi connectivity index (χ3n) is 3.37. The van der Waals surface area contributed by atoms with Crippen LogP contribution in [0.4, 0.5) is 9.59 Å². The molecule has 136 valence electrons. The van der Waals surface area contributed by atoms with Gasteiger partial charge in [0.25, 0.3) is 0 Å². The molecule has 0 spiro atoms. The monoisotopic (exact) mass is 330 g/mol. The van der Waals surface area contributed by atoms with Crippen LogP contribution in [0.3, 0.4) is 0 Å². The van der Waals surface area contributed by atoms with E-state index in [0.29, 0.717) is 6.42 Å². The lowest BCUT2D eigenvalue weighted by molar-refractivity contribution is 0.0148. The first-order chi connectivity index (χ1) is 10.1. The molecule has 0 heterocycles. The smallest absolute Gasteiger partial charge is 0.410 e. The number of amides is 2. The fourth-order valence-corrected chi connectivity index (χ4v) is 1.84. The van der Waals surface area contributed by atoms with Crippen LogP contribution in [0, 0.1) is 0 Å². The van der Waals surface area contributed by atoms with Crippen LogP contribution < -0.4 is 0 Å². The van der Waals surface area contributed by atoms with Crippen molar-refractivity contribution in [3.8, 4) is 0 Å². The molecule has 0 radical (unpaired) electrons. The molecule has 0 aromatic heterocycles. The number of carbonyl (C=O) groups is 2. The van der Waals surface area contributed by atoms with E-state index in [1.54, 1.807) is 23.9 Å². The maximum absolute atomic E-state index is 12.1. The Morgan fingerprint density at radius 1 is 0.783 bits per heavy atom. The van der Waals surface area contributed by atoms with Crippen LogP contribution in [-0.4, -0.2) is 59.4 Å². The Hall–Kier alpha value is -1.46. The number of nitrogens with zero attached hydrogens (tertiary/aromatic N) is 2. The van der Waals surface area contributed by atoms with Gasteiger partial charge in [0.2, 0.25) is 0 Å². The first kappa shape index (κ1) is 21.5. The van der Waals surface area contributed by atoms with Crippen LogP contribution in [-0.2, 0) is 9.47 Å². The van der Waals surface area contributed by atoms with Gasteiger partial charge >= 0.3 is 12.2 Å². The van der Waals surface area contributed by atoms with Gasteiger partial charge in [0.1, 0.15) is 11.2 Å². The highest BCUT2D eigenvalue weighted by Gasteiger charge is 2.27. The van der Waals surface area contributed by atoms with E-state index in [2.05, 4.69) is 0 Å². The Balaban J connectivity index is 4.61. The summed E-state index contributed by atoms with van der Waals surface area (Å²) in [5.74, 6) is 0. The normalized spacial score (nSPS) is 14.7. The van der Waals surface area contributed by atoms with Gasteiger partial charge in [-0.05, 0) is 61.8 Å². The van der Waals surface area contributed by atoms with Crippen molar-refractivity contribution in [3.05, 3.63) is 0 Å². The van der Waals surface area contributed by atoms with Gasteiger partial charge in [-0.15, -0.1) is 0 Å². The summed E-state index contributed by atoms with van der Waals surface area (Å²) < 4.78 is 10.7. The number of hydrogen-bond donors (Lipinski definition) is 0. The standard InChI is InChI=1S/C17H34N2O4/c1-12(18(9)14(20)22-16(3,4)5)11-13(2)19(10)15(21)23-17(6,7)8/h12-13H,11H2,1-10H3/t12-,13+. The molecule has 0 saturated heterocycles. The average molecular weight is 330 g/mol. The zero-order chi connectivity index (χ0) is 18.6. The van der Waals surface area contributed by atoms with E-state index in [1.807, 2.05) is 55.4 Å². The van der Waals surface area contributed by atoms with Gasteiger partial charge in [0.05, 0.1) is 0 Å². The van der Waals surface area contributed by atoms with Gasteiger partial charge in [0, 0.05) is 26.2 Å². The van der Waals surface area contributed by atoms with Crippen molar-refractivity contribution in [1.82, 2.24) is 9.80 Å². The van der Waals surface area contributed by atoms with E-state index < -0.39 is 11.2 Å². The quantitative estimate of drug-likeness (QED) is 0.784. The molecule has 0 aromatic carbocycles. The highest BCUT2D eigenvalue weighted by molar-refractivity contribution is 5.69. The fourth-order valence-electron chi connectivity index (χ4n) is 1.84. The van der Waals surface area contributed by atoms with Gasteiger partial charge < -0.3 is 19.3 Å². The summed E-state index contributed by atoms with van der Waals surface area (Å²) in [5, 5.41) is 0. The largest absolute Gasteiger partial charge is 0.444 e. The van der Waals surface area contributed by atoms with E-state index >= 15 is 0 Å². The van der Waals surface area contributed by atoms with E-state index in [9.17, 15) is 9.59 Å². The summed E-state index contributed by atoms with van der Waals surface area (Å²) in [7, 11) is 3.41. The second-order valence-corrected chi connectivity index (χ2v) is 8.12. The summed E-state index contributed by atoms with van der Waals surface area (Å²) in [6.07, 6.45) is -0.0971. The van der Waals surface area contributed by atoms with E-state index in [-0.39, 0.29) is 24.3 Å². The van der Waals surface area contributed by atoms with Crippen LogP contribution in [0.1, 0.15) is 61.8 Å². The molecule has 0 N–H and O–H groups in total. The van der Waals surface area contributed by atoms with Gasteiger partial charge in [-0.1, -0.05) is 0 Å². The molecule has 23 heavy (non-hydrogen) atoms. The minimum Gasteiger partial charge on any atom is -0.444 e. The minimum absolute atomic E-state index is 0.0651. The Labute approximate surface area is 141 Å². The zero-order valence-electron chi connectivity index (χ0n) is 16.4. The molecule has 0 aliphatic heterocycles. The summed E-state index contributed by atoms with van der Waals surface area (Å²) in [6.45, 7) is 14.9. The molecule has 0 bridgehead atoms. The third kappa shape index (κ3) is 8.67. The highest BCUT2D eigenvalue weighted by atomic mass is 16.6. The molecule has 0 aliphatic rings. The first-order valence-electron chi connectivity index (χ1n) is 8.05. The Morgan fingerprint density at radius 3 is 1.26 bits per heavy atom. The van der Waals surface area contributed by atoms with E-state index in [4.69, 9.17) is 9.47 Å². The maximum Gasteiger partial charge on any atom is 0.410 e. The number of carbonyl (C=O) groups excluding carboxylic acids is 2. The molecule has 0 rings (SSSR count). The summed E-state index contributed by atoms with van der Waals surface area (Å²) in [6, 6.07) is -0.130. The third-order valence-corrected chi connectivity index (χ3v) is 3.37. The van der Waals surface area contributed by atoms with Gasteiger partial charge in [0.15, 0.2) is 0 Å². The van der Waals surface area contributed by atoms with Crippen molar-refractivity contribution in [2.45, 2.75) is 85.1 Å². The van der Waals surface area contributed by atoms with Crippen molar-refractivity contribution in [2.24, 2.45) is 0 Å². The molecule has 0 unspecified atom stereocenters. The average Bonchev–Trinajstić information content (AvgIpc) is 2.32. The molecule has 2 amide bonds. The molecule has 0 aliphatic carbocycles. The fraction of sp³-hybridized carbons (Fsp3) is 0.882. The second kappa shape index (κ2) is 7.88. The summed E-state index contributed by atoms with van der Waals surface area (Å²) in [4.78, 5) is 27.3. The van der Waals surface area contributed by atoms with E-state index in [0.717, 1.165) is 0 Å². The van der Waals surface area contributed by atoms with Gasteiger partial charge in [-0.2, -0.15) is 0 Å². The SMILES string of the molecule is C[C@H](C[C@H](C)N(C)C(=O)OC(C)(C)C)N(C)C(=O)OC(C)(C)C. The van der Waals surface area contributed by atoms with Crippen LogP contribution in [0.2, 0.25) is 0 Å². The molecular weight excluding hydrogens is 296 g/mol. The maximum atomic E-state index is 12.1. The van der Waals surface area contributed by atoms with Crippen LogP contribution in [0.15, 0.2) is 0 Å².